The van der Waals surface area contributed by atoms with E-state index < -0.39 is 5.97 Å². The molecular formula is C13H19NO3S. The van der Waals surface area contributed by atoms with Crippen LogP contribution in [0, 0.1) is 0 Å². The Morgan fingerprint density at radius 2 is 2.22 bits per heavy atom. The fraction of sp³-hybridized carbons (Fsp3) is 0.462. The molecule has 0 spiro atoms. The van der Waals surface area contributed by atoms with E-state index in [1.54, 1.807) is 25.3 Å². The minimum absolute atomic E-state index is 0.278. The van der Waals surface area contributed by atoms with Gasteiger partial charge in [0.1, 0.15) is 5.75 Å². The molecular weight excluding hydrogens is 250 g/mol. The molecule has 0 saturated carbocycles. The van der Waals surface area contributed by atoms with Gasteiger partial charge < -0.3 is 15.2 Å². The van der Waals surface area contributed by atoms with E-state index in [2.05, 4.69) is 11.6 Å². The molecule has 0 bridgehead atoms. The molecule has 0 aliphatic heterocycles. The Hall–Kier alpha value is -1.36. The van der Waals surface area contributed by atoms with E-state index in [1.165, 1.54) is 0 Å². The van der Waals surface area contributed by atoms with Crippen LogP contribution in [0.25, 0.3) is 0 Å². The summed E-state index contributed by atoms with van der Waals surface area (Å²) in [5, 5.41) is 12.2. The van der Waals surface area contributed by atoms with Crippen molar-refractivity contribution in [3.8, 4) is 5.75 Å². The Bertz CT molecular complexity index is 396. The number of carbonyl (C=O) groups is 1. The Morgan fingerprint density at radius 3 is 2.83 bits per heavy atom. The Morgan fingerprint density at radius 1 is 1.44 bits per heavy atom. The largest absolute Gasteiger partial charge is 0.497 e. The molecule has 0 saturated heterocycles. The summed E-state index contributed by atoms with van der Waals surface area (Å²) in [6.07, 6.45) is 4.23. The van der Waals surface area contributed by atoms with Crippen LogP contribution in [0.4, 0.5) is 5.69 Å². The third-order valence-corrected chi connectivity index (χ3v) is 3.24. The van der Waals surface area contributed by atoms with Gasteiger partial charge in [-0.25, -0.2) is 4.79 Å². The zero-order chi connectivity index (χ0) is 13.4. The Labute approximate surface area is 112 Å². The third-order valence-electron chi connectivity index (χ3n) is 2.55. The third kappa shape index (κ3) is 4.49. The van der Waals surface area contributed by atoms with Gasteiger partial charge in [-0.05, 0) is 37.0 Å². The van der Waals surface area contributed by atoms with Gasteiger partial charge in [0.2, 0.25) is 0 Å². The molecule has 18 heavy (non-hydrogen) atoms. The van der Waals surface area contributed by atoms with Crippen molar-refractivity contribution in [3.05, 3.63) is 23.8 Å². The highest BCUT2D eigenvalue weighted by atomic mass is 32.2. The molecule has 0 amide bonds. The van der Waals surface area contributed by atoms with Gasteiger partial charge >= 0.3 is 5.97 Å². The number of unbranched alkanes of at least 4 members (excludes halogenated alkanes) is 1. The van der Waals surface area contributed by atoms with E-state index in [0.29, 0.717) is 11.4 Å². The second kappa shape index (κ2) is 7.87. The Balaban J connectivity index is 2.63. The van der Waals surface area contributed by atoms with E-state index in [1.807, 2.05) is 11.8 Å². The van der Waals surface area contributed by atoms with Gasteiger partial charge in [-0.15, -0.1) is 0 Å². The second-order valence-corrected chi connectivity index (χ2v) is 4.83. The first kappa shape index (κ1) is 14.7. The molecule has 1 aromatic carbocycles. The number of nitrogens with one attached hydrogen (secondary N) is 1. The molecule has 4 nitrogen and oxygen atoms in total. The van der Waals surface area contributed by atoms with E-state index >= 15 is 0 Å². The number of thioether (sulfide) groups is 1. The average Bonchev–Trinajstić information content (AvgIpc) is 2.38. The quantitative estimate of drug-likeness (QED) is 0.711. The monoisotopic (exact) mass is 269 g/mol. The lowest BCUT2D eigenvalue weighted by atomic mass is 10.1. The number of hydrogen-bond donors (Lipinski definition) is 2. The molecule has 0 aromatic heterocycles. The van der Waals surface area contributed by atoms with Gasteiger partial charge in [0.25, 0.3) is 0 Å². The van der Waals surface area contributed by atoms with Crippen LogP contribution >= 0.6 is 11.8 Å². The highest BCUT2D eigenvalue weighted by Crippen LogP contribution is 2.22. The van der Waals surface area contributed by atoms with Gasteiger partial charge in [0.05, 0.1) is 18.4 Å². The van der Waals surface area contributed by atoms with Crippen LogP contribution in [-0.4, -0.2) is 36.7 Å². The highest BCUT2D eigenvalue weighted by molar-refractivity contribution is 7.98. The maximum Gasteiger partial charge on any atom is 0.337 e. The van der Waals surface area contributed by atoms with Crippen LogP contribution in [0.15, 0.2) is 18.2 Å². The molecule has 0 fully saturated rings. The lowest BCUT2D eigenvalue weighted by molar-refractivity contribution is 0.0698. The summed E-state index contributed by atoms with van der Waals surface area (Å²) in [5.41, 5.74) is 0.895. The van der Waals surface area contributed by atoms with Gasteiger partial charge in [0, 0.05) is 12.6 Å². The van der Waals surface area contributed by atoms with Crippen LogP contribution in [0.2, 0.25) is 0 Å². The molecule has 0 heterocycles. The van der Waals surface area contributed by atoms with Crippen molar-refractivity contribution in [3.63, 3.8) is 0 Å². The first-order valence-electron chi connectivity index (χ1n) is 5.83. The van der Waals surface area contributed by atoms with Gasteiger partial charge in [-0.3, -0.25) is 0 Å². The number of ether oxygens (including phenoxy) is 1. The van der Waals surface area contributed by atoms with Gasteiger partial charge in [-0.2, -0.15) is 11.8 Å². The number of benzene rings is 1. The summed E-state index contributed by atoms with van der Waals surface area (Å²) >= 11 is 1.82. The van der Waals surface area contributed by atoms with Crippen molar-refractivity contribution in [1.82, 2.24) is 0 Å². The van der Waals surface area contributed by atoms with Crippen molar-refractivity contribution in [2.24, 2.45) is 0 Å². The Kier molecular flexibility index (Phi) is 6.43. The first-order chi connectivity index (χ1) is 8.69. The zero-order valence-corrected chi connectivity index (χ0v) is 11.5. The number of methoxy groups -OCH3 is 1. The zero-order valence-electron chi connectivity index (χ0n) is 10.7. The number of aromatic carboxylic acids is 1. The molecule has 0 unspecified atom stereocenters. The lowest BCUT2D eigenvalue weighted by Gasteiger charge is -2.11. The van der Waals surface area contributed by atoms with E-state index in [-0.39, 0.29) is 5.56 Å². The normalized spacial score (nSPS) is 10.1. The van der Waals surface area contributed by atoms with E-state index in [4.69, 9.17) is 9.84 Å². The van der Waals surface area contributed by atoms with E-state index in [0.717, 1.165) is 25.1 Å². The number of hydrogen-bond acceptors (Lipinski definition) is 4. The average molecular weight is 269 g/mol. The number of carboxylic acids is 1. The van der Waals surface area contributed by atoms with Crippen LogP contribution in [0.3, 0.4) is 0 Å². The fourth-order valence-corrected chi connectivity index (χ4v) is 2.07. The summed E-state index contributed by atoms with van der Waals surface area (Å²) in [6, 6.07) is 4.94. The van der Waals surface area contributed by atoms with Crippen LogP contribution < -0.4 is 10.1 Å². The smallest absolute Gasteiger partial charge is 0.337 e. The van der Waals surface area contributed by atoms with Crippen molar-refractivity contribution in [2.45, 2.75) is 12.8 Å². The van der Waals surface area contributed by atoms with Crippen LogP contribution in [0.5, 0.6) is 5.75 Å². The SMILES string of the molecule is COc1ccc(C(=O)O)c(NCCCCSC)c1. The fourth-order valence-electron chi connectivity index (χ4n) is 1.58. The minimum atomic E-state index is -0.927. The highest BCUT2D eigenvalue weighted by Gasteiger charge is 2.10. The lowest BCUT2D eigenvalue weighted by Crippen LogP contribution is -2.08. The molecule has 0 aliphatic carbocycles. The van der Waals surface area contributed by atoms with Crippen molar-refractivity contribution in [1.29, 1.82) is 0 Å². The summed E-state index contributed by atoms with van der Waals surface area (Å²) in [5.74, 6) is 0.863. The number of rotatable bonds is 8. The second-order valence-electron chi connectivity index (χ2n) is 3.84. The molecule has 0 radical (unpaired) electrons. The number of anilines is 1. The summed E-state index contributed by atoms with van der Waals surface area (Å²) in [7, 11) is 1.57. The van der Waals surface area contributed by atoms with Gasteiger partial charge in [0.15, 0.2) is 0 Å². The van der Waals surface area contributed by atoms with Crippen LogP contribution in [0.1, 0.15) is 23.2 Å². The molecule has 5 heteroatoms. The molecule has 2 N–H and O–H groups in total. The van der Waals surface area contributed by atoms with Crippen molar-refractivity contribution < 1.29 is 14.6 Å². The molecule has 100 valence electrons. The maximum absolute atomic E-state index is 11.1. The summed E-state index contributed by atoms with van der Waals surface area (Å²) in [4.78, 5) is 11.1. The summed E-state index contributed by atoms with van der Waals surface area (Å²) < 4.78 is 5.10. The van der Waals surface area contributed by atoms with Crippen molar-refractivity contribution >= 4 is 23.4 Å². The number of carboxylic acid groups (broad SMARTS) is 1. The maximum atomic E-state index is 11.1. The molecule has 1 rings (SSSR count). The van der Waals surface area contributed by atoms with Crippen LogP contribution in [-0.2, 0) is 0 Å². The molecule has 0 aliphatic rings. The molecule has 1 aromatic rings. The first-order valence-corrected chi connectivity index (χ1v) is 7.22. The van der Waals surface area contributed by atoms with E-state index in [9.17, 15) is 4.79 Å². The predicted molar refractivity (Wildman–Crippen MR) is 76.1 cm³/mol. The standard InChI is InChI=1S/C13H19NO3S/c1-17-10-5-6-11(13(15)16)12(9-10)14-7-3-4-8-18-2/h5-6,9,14H,3-4,7-8H2,1-2H3,(H,15,16). The van der Waals surface area contributed by atoms with Gasteiger partial charge in [-0.1, -0.05) is 0 Å². The summed E-state index contributed by atoms with van der Waals surface area (Å²) in [6.45, 7) is 0.772. The topological polar surface area (TPSA) is 58.6 Å². The minimum Gasteiger partial charge on any atom is -0.497 e. The van der Waals surface area contributed by atoms with Crippen molar-refractivity contribution in [2.75, 3.05) is 31.0 Å². The predicted octanol–water partition coefficient (Wildman–Crippen LogP) is 2.95. The molecule has 0 atom stereocenters.